The Kier molecular flexibility index (Phi) is 3.91. The Morgan fingerprint density at radius 1 is 1.60 bits per heavy atom. The number of aromatic nitrogens is 1. The van der Waals surface area contributed by atoms with Crippen LogP contribution < -0.4 is 5.32 Å². The summed E-state index contributed by atoms with van der Waals surface area (Å²) in [4.78, 5) is 14.3. The van der Waals surface area contributed by atoms with Crippen molar-refractivity contribution in [3.8, 4) is 0 Å². The number of rotatable bonds is 5. The van der Waals surface area contributed by atoms with Crippen LogP contribution in [0.2, 0.25) is 0 Å². The molecule has 0 fully saturated rings. The van der Waals surface area contributed by atoms with Crippen LogP contribution in [0.15, 0.2) is 18.3 Å². The molecule has 0 saturated carbocycles. The van der Waals surface area contributed by atoms with Crippen molar-refractivity contribution in [2.45, 2.75) is 25.7 Å². The summed E-state index contributed by atoms with van der Waals surface area (Å²) in [5.74, 6) is -0.114. The van der Waals surface area contributed by atoms with Crippen molar-refractivity contribution in [2.75, 3.05) is 13.2 Å². The van der Waals surface area contributed by atoms with Gasteiger partial charge in [0.05, 0.1) is 6.61 Å². The maximum Gasteiger partial charge on any atom is 0.222 e. The highest BCUT2D eigenvalue weighted by Gasteiger charge is 2.21. The van der Waals surface area contributed by atoms with Crippen molar-refractivity contribution in [1.29, 1.82) is 0 Å². The van der Waals surface area contributed by atoms with Gasteiger partial charge in [-0.25, -0.2) is 0 Å². The Hall–Kier alpha value is -1.29. The molecule has 0 saturated heterocycles. The zero-order valence-corrected chi connectivity index (χ0v) is 9.21. The van der Waals surface area contributed by atoms with Crippen LogP contribution in [0.5, 0.6) is 0 Å². The molecule has 4 heteroatoms. The van der Waals surface area contributed by atoms with Gasteiger partial charge in [-0.1, -0.05) is 13.8 Å². The normalized spacial score (nSPS) is 11.4. The van der Waals surface area contributed by atoms with E-state index in [1.54, 1.807) is 0 Å². The highest BCUT2D eigenvalue weighted by Crippen LogP contribution is 2.19. The van der Waals surface area contributed by atoms with E-state index in [4.69, 9.17) is 5.11 Å². The van der Waals surface area contributed by atoms with Gasteiger partial charge >= 0.3 is 0 Å². The van der Waals surface area contributed by atoms with Crippen LogP contribution >= 0.6 is 0 Å². The Balaban J connectivity index is 2.47. The Bertz CT molecular complexity index is 304. The summed E-state index contributed by atoms with van der Waals surface area (Å²) in [5, 5.41) is 11.4. The van der Waals surface area contributed by atoms with E-state index in [1.807, 2.05) is 18.3 Å². The van der Waals surface area contributed by atoms with E-state index in [-0.39, 0.29) is 24.3 Å². The van der Waals surface area contributed by atoms with Gasteiger partial charge in [0.2, 0.25) is 5.91 Å². The first-order valence-electron chi connectivity index (χ1n) is 5.08. The van der Waals surface area contributed by atoms with Gasteiger partial charge in [0.25, 0.3) is 0 Å². The molecule has 15 heavy (non-hydrogen) atoms. The molecule has 0 radical (unpaired) electrons. The van der Waals surface area contributed by atoms with E-state index in [1.165, 1.54) is 0 Å². The van der Waals surface area contributed by atoms with E-state index in [0.29, 0.717) is 6.54 Å². The van der Waals surface area contributed by atoms with Gasteiger partial charge in [-0.2, -0.15) is 0 Å². The number of H-pyrrole nitrogens is 1. The van der Waals surface area contributed by atoms with E-state index in [0.717, 1.165) is 5.69 Å². The highest BCUT2D eigenvalue weighted by molar-refractivity contribution is 5.76. The van der Waals surface area contributed by atoms with Gasteiger partial charge in [-0.3, -0.25) is 4.79 Å². The molecule has 0 aliphatic heterocycles. The molecule has 0 spiro atoms. The predicted octanol–water partition coefficient (Wildman–Crippen LogP) is 0.791. The number of carbonyl (C=O) groups excluding carboxylic acids is 1. The Morgan fingerprint density at radius 3 is 2.87 bits per heavy atom. The average Bonchev–Trinajstić information content (AvgIpc) is 2.69. The molecule has 84 valence electrons. The highest BCUT2D eigenvalue weighted by atomic mass is 16.3. The van der Waals surface area contributed by atoms with Crippen molar-refractivity contribution in [3.05, 3.63) is 24.0 Å². The molecule has 0 aliphatic carbocycles. The summed E-state index contributed by atoms with van der Waals surface area (Å²) >= 11 is 0. The van der Waals surface area contributed by atoms with Crippen molar-refractivity contribution in [3.63, 3.8) is 0 Å². The van der Waals surface area contributed by atoms with Crippen LogP contribution in [0.4, 0.5) is 0 Å². The largest absolute Gasteiger partial charge is 0.396 e. The third-order valence-corrected chi connectivity index (χ3v) is 2.39. The number of aliphatic hydroxyl groups excluding tert-OH is 1. The molecule has 4 nitrogen and oxygen atoms in total. The van der Waals surface area contributed by atoms with E-state index >= 15 is 0 Å². The fourth-order valence-electron chi connectivity index (χ4n) is 1.36. The van der Waals surface area contributed by atoms with E-state index in [9.17, 15) is 4.79 Å². The minimum Gasteiger partial charge on any atom is -0.396 e. The molecular formula is C11H18N2O2. The van der Waals surface area contributed by atoms with Gasteiger partial charge in [0.15, 0.2) is 0 Å². The van der Waals surface area contributed by atoms with Crippen LogP contribution in [0.3, 0.4) is 0 Å². The zero-order chi connectivity index (χ0) is 11.3. The molecule has 0 unspecified atom stereocenters. The molecular weight excluding hydrogens is 192 g/mol. The summed E-state index contributed by atoms with van der Waals surface area (Å²) < 4.78 is 0. The molecule has 1 amide bonds. The molecule has 1 aromatic heterocycles. The first-order chi connectivity index (χ1) is 7.06. The van der Waals surface area contributed by atoms with Gasteiger partial charge < -0.3 is 15.4 Å². The van der Waals surface area contributed by atoms with Crippen LogP contribution in [0.25, 0.3) is 0 Å². The summed E-state index contributed by atoms with van der Waals surface area (Å²) in [5.41, 5.74) is 0.973. The number of carbonyl (C=O) groups is 1. The van der Waals surface area contributed by atoms with Crippen molar-refractivity contribution >= 4 is 5.91 Å². The first kappa shape index (κ1) is 11.8. The van der Waals surface area contributed by atoms with Crippen molar-refractivity contribution < 1.29 is 9.90 Å². The van der Waals surface area contributed by atoms with Crippen LogP contribution in [0.1, 0.15) is 26.0 Å². The lowest BCUT2D eigenvalue weighted by atomic mass is 9.89. The summed E-state index contributed by atoms with van der Waals surface area (Å²) in [6.07, 6.45) is 2.04. The molecule has 1 rings (SSSR count). The van der Waals surface area contributed by atoms with Gasteiger partial charge in [0.1, 0.15) is 0 Å². The lowest BCUT2D eigenvalue weighted by molar-refractivity contribution is -0.121. The maximum atomic E-state index is 11.2. The Labute approximate surface area is 89.7 Å². The SMILES string of the molecule is CC(C)(CNC(=O)CCO)c1ccc[nH]1. The van der Waals surface area contributed by atoms with Gasteiger partial charge in [-0.05, 0) is 12.1 Å². The second kappa shape index (κ2) is 4.98. The number of aromatic amines is 1. The lowest BCUT2D eigenvalue weighted by Gasteiger charge is -2.23. The molecule has 3 N–H and O–H groups in total. The standard InChI is InChI=1S/C11H18N2O2/c1-11(2,9-4-3-6-12-9)8-13-10(15)5-7-14/h3-4,6,12,14H,5,7-8H2,1-2H3,(H,13,15). The second-order valence-corrected chi connectivity index (χ2v) is 4.22. The number of hydrogen-bond acceptors (Lipinski definition) is 2. The smallest absolute Gasteiger partial charge is 0.222 e. The summed E-state index contributed by atoms with van der Waals surface area (Å²) in [6.45, 7) is 4.57. The first-order valence-corrected chi connectivity index (χ1v) is 5.08. The monoisotopic (exact) mass is 210 g/mol. The quantitative estimate of drug-likeness (QED) is 0.672. The van der Waals surface area contributed by atoms with Crippen LogP contribution in [0, 0.1) is 0 Å². The number of hydrogen-bond donors (Lipinski definition) is 3. The topological polar surface area (TPSA) is 65.1 Å². The van der Waals surface area contributed by atoms with E-state index < -0.39 is 0 Å². The molecule has 0 aliphatic rings. The second-order valence-electron chi connectivity index (χ2n) is 4.22. The predicted molar refractivity (Wildman–Crippen MR) is 58.5 cm³/mol. The number of nitrogens with one attached hydrogen (secondary N) is 2. The number of amides is 1. The fraction of sp³-hybridized carbons (Fsp3) is 0.545. The van der Waals surface area contributed by atoms with Crippen molar-refractivity contribution in [2.24, 2.45) is 0 Å². The third kappa shape index (κ3) is 3.40. The van der Waals surface area contributed by atoms with Crippen molar-refractivity contribution in [1.82, 2.24) is 10.3 Å². The minimum atomic E-state index is -0.116. The van der Waals surface area contributed by atoms with Crippen LogP contribution in [-0.4, -0.2) is 29.1 Å². The Morgan fingerprint density at radius 2 is 2.33 bits per heavy atom. The minimum absolute atomic E-state index is 0.102. The zero-order valence-electron chi connectivity index (χ0n) is 9.21. The molecule has 0 aromatic carbocycles. The van der Waals surface area contributed by atoms with Crippen LogP contribution in [-0.2, 0) is 10.2 Å². The van der Waals surface area contributed by atoms with Gasteiger partial charge in [0, 0.05) is 30.3 Å². The molecule has 1 aromatic rings. The summed E-state index contributed by atoms with van der Waals surface area (Å²) in [6, 6.07) is 3.94. The fourth-order valence-corrected chi connectivity index (χ4v) is 1.36. The van der Waals surface area contributed by atoms with Gasteiger partial charge in [-0.15, -0.1) is 0 Å². The average molecular weight is 210 g/mol. The molecule has 0 bridgehead atoms. The molecule has 1 heterocycles. The number of aliphatic hydroxyl groups is 1. The molecule has 0 atom stereocenters. The summed E-state index contributed by atoms with van der Waals surface area (Å²) in [7, 11) is 0. The van der Waals surface area contributed by atoms with E-state index in [2.05, 4.69) is 24.1 Å². The maximum absolute atomic E-state index is 11.2. The third-order valence-electron chi connectivity index (χ3n) is 2.39. The lowest BCUT2D eigenvalue weighted by Crippen LogP contribution is -2.37.